The van der Waals surface area contributed by atoms with Crippen molar-refractivity contribution in [2.75, 3.05) is 13.1 Å². The highest BCUT2D eigenvalue weighted by atomic mass is 32.1. The van der Waals surface area contributed by atoms with Crippen molar-refractivity contribution in [3.63, 3.8) is 0 Å². The molecule has 1 atom stereocenters. The summed E-state index contributed by atoms with van der Waals surface area (Å²) in [4.78, 5) is 14.8. The number of hydrogen-bond acceptors (Lipinski definition) is 5. The smallest absolute Gasteiger partial charge is 0.263 e. The fourth-order valence-corrected chi connectivity index (χ4v) is 2.87. The monoisotopic (exact) mass is 263 g/mol. The molecule has 1 amide bonds. The van der Waals surface area contributed by atoms with E-state index in [4.69, 9.17) is 4.42 Å². The molecule has 1 fully saturated rings. The van der Waals surface area contributed by atoms with Crippen LogP contribution in [0.3, 0.4) is 0 Å². The third kappa shape index (κ3) is 2.03. The summed E-state index contributed by atoms with van der Waals surface area (Å²) in [5.74, 6) is 1.50. The third-order valence-corrected chi connectivity index (χ3v) is 3.96. The Labute approximate surface area is 108 Å². The molecule has 0 radical (unpaired) electrons. The molecule has 5 nitrogen and oxygen atoms in total. The van der Waals surface area contributed by atoms with Gasteiger partial charge in [-0.15, -0.1) is 21.5 Å². The first-order valence-corrected chi connectivity index (χ1v) is 6.75. The molecule has 6 heteroatoms. The molecule has 1 unspecified atom stereocenters. The maximum atomic E-state index is 12.2. The standard InChI is InChI=1S/C12H13N3O2S/c1-8-13-14-11(17-8)9-4-5-15(7-9)12(16)10-3-2-6-18-10/h2-3,6,9H,4-5,7H2,1H3. The summed E-state index contributed by atoms with van der Waals surface area (Å²) in [5, 5.41) is 9.78. The zero-order valence-corrected chi connectivity index (χ0v) is 10.8. The van der Waals surface area contributed by atoms with Crippen LogP contribution in [0.5, 0.6) is 0 Å². The van der Waals surface area contributed by atoms with Crippen LogP contribution in [0.2, 0.25) is 0 Å². The van der Waals surface area contributed by atoms with Crippen molar-refractivity contribution in [3.8, 4) is 0 Å². The first-order chi connectivity index (χ1) is 8.74. The average molecular weight is 263 g/mol. The van der Waals surface area contributed by atoms with E-state index in [1.165, 1.54) is 11.3 Å². The predicted molar refractivity (Wildman–Crippen MR) is 66.6 cm³/mol. The van der Waals surface area contributed by atoms with Gasteiger partial charge in [0.05, 0.1) is 10.8 Å². The van der Waals surface area contributed by atoms with Gasteiger partial charge in [-0.1, -0.05) is 6.07 Å². The van der Waals surface area contributed by atoms with E-state index in [9.17, 15) is 4.79 Å². The van der Waals surface area contributed by atoms with Crippen molar-refractivity contribution in [3.05, 3.63) is 34.2 Å². The lowest BCUT2D eigenvalue weighted by molar-refractivity contribution is 0.0794. The molecule has 2 aromatic heterocycles. The summed E-state index contributed by atoms with van der Waals surface area (Å²) in [5.41, 5.74) is 0. The largest absolute Gasteiger partial charge is 0.425 e. The minimum atomic E-state index is 0.101. The van der Waals surface area contributed by atoms with E-state index in [-0.39, 0.29) is 11.8 Å². The number of aryl methyl sites for hydroxylation is 1. The molecule has 2 aromatic rings. The number of aromatic nitrogens is 2. The molecule has 3 rings (SSSR count). The van der Waals surface area contributed by atoms with E-state index in [2.05, 4.69) is 10.2 Å². The van der Waals surface area contributed by atoms with E-state index >= 15 is 0 Å². The van der Waals surface area contributed by atoms with E-state index in [0.29, 0.717) is 18.3 Å². The molecule has 0 aromatic carbocycles. The number of hydrogen-bond donors (Lipinski definition) is 0. The molecule has 0 aliphatic carbocycles. The van der Waals surface area contributed by atoms with Gasteiger partial charge in [0.1, 0.15) is 0 Å². The van der Waals surface area contributed by atoms with Gasteiger partial charge in [0, 0.05) is 20.0 Å². The number of rotatable bonds is 2. The molecule has 94 valence electrons. The van der Waals surface area contributed by atoms with Crippen LogP contribution >= 0.6 is 11.3 Å². The predicted octanol–water partition coefficient (Wildman–Crippen LogP) is 2.07. The number of thiophene rings is 1. The molecule has 3 heterocycles. The van der Waals surface area contributed by atoms with Gasteiger partial charge in [0.15, 0.2) is 0 Å². The molecular weight excluding hydrogens is 250 g/mol. The first-order valence-electron chi connectivity index (χ1n) is 5.87. The highest BCUT2D eigenvalue weighted by molar-refractivity contribution is 7.12. The Bertz CT molecular complexity index is 549. The number of nitrogens with zero attached hydrogens (tertiary/aromatic N) is 3. The van der Waals surface area contributed by atoms with E-state index in [1.54, 1.807) is 6.92 Å². The molecule has 0 spiro atoms. The second-order valence-electron chi connectivity index (χ2n) is 4.37. The van der Waals surface area contributed by atoms with E-state index in [0.717, 1.165) is 17.8 Å². The molecule has 1 aliphatic heterocycles. The highest BCUT2D eigenvalue weighted by Gasteiger charge is 2.31. The lowest BCUT2D eigenvalue weighted by atomic mass is 10.1. The van der Waals surface area contributed by atoms with Gasteiger partial charge in [-0.2, -0.15) is 0 Å². The molecule has 18 heavy (non-hydrogen) atoms. The normalized spacial score (nSPS) is 19.4. The number of carbonyl (C=O) groups is 1. The summed E-state index contributed by atoms with van der Waals surface area (Å²) < 4.78 is 5.43. The Hall–Kier alpha value is -1.69. The fraction of sp³-hybridized carbons (Fsp3) is 0.417. The van der Waals surface area contributed by atoms with Gasteiger partial charge in [-0.25, -0.2) is 0 Å². The second kappa shape index (κ2) is 4.53. The highest BCUT2D eigenvalue weighted by Crippen LogP contribution is 2.27. The lowest BCUT2D eigenvalue weighted by Gasteiger charge is -2.14. The molecule has 1 aliphatic rings. The van der Waals surface area contributed by atoms with Crippen LogP contribution in [-0.4, -0.2) is 34.1 Å². The summed E-state index contributed by atoms with van der Waals surface area (Å²) in [7, 11) is 0. The van der Waals surface area contributed by atoms with Gasteiger partial charge in [-0.3, -0.25) is 4.79 Å². The summed E-state index contributed by atoms with van der Waals surface area (Å²) in [6.07, 6.45) is 0.888. The van der Waals surface area contributed by atoms with Crippen molar-refractivity contribution in [1.29, 1.82) is 0 Å². The Morgan fingerprint density at radius 2 is 2.44 bits per heavy atom. The minimum Gasteiger partial charge on any atom is -0.425 e. The van der Waals surface area contributed by atoms with Crippen molar-refractivity contribution < 1.29 is 9.21 Å². The molecule has 0 N–H and O–H groups in total. The quantitative estimate of drug-likeness (QED) is 0.832. The van der Waals surface area contributed by atoms with Crippen LogP contribution in [0.4, 0.5) is 0 Å². The van der Waals surface area contributed by atoms with Gasteiger partial charge >= 0.3 is 0 Å². The minimum absolute atomic E-state index is 0.101. The number of likely N-dealkylation sites (tertiary alicyclic amines) is 1. The summed E-state index contributed by atoms with van der Waals surface area (Å²) in [6.45, 7) is 3.20. The third-order valence-electron chi connectivity index (χ3n) is 3.10. The maximum Gasteiger partial charge on any atom is 0.263 e. The van der Waals surface area contributed by atoms with Crippen LogP contribution in [-0.2, 0) is 0 Å². The molecule has 1 saturated heterocycles. The summed E-state index contributed by atoms with van der Waals surface area (Å²) >= 11 is 1.48. The van der Waals surface area contributed by atoms with Crippen molar-refractivity contribution in [2.24, 2.45) is 0 Å². The lowest BCUT2D eigenvalue weighted by Crippen LogP contribution is -2.27. The topological polar surface area (TPSA) is 59.2 Å². The Balaban J connectivity index is 1.70. The van der Waals surface area contributed by atoms with Crippen molar-refractivity contribution >= 4 is 17.2 Å². The van der Waals surface area contributed by atoms with E-state index in [1.807, 2.05) is 22.4 Å². The molecule has 0 saturated carbocycles. The van der Waals surface area contributed by atoms with Crippen LogP contribution in [0.15, 0.2) is 21.9 Å². The van der Waals surface area contributed by atoms with Gasteiger partial charge in [0.2, 0.25) is 11.8 Å². The van der Waals surface area contributed by atoms with Crippen molar-refractivity contribution in [2.45, 2.75) is 19.3 Å². The Morgan fingerprint density at radius 1 is 1.56 bits per heavy atom. The van der Waals surface area contributed by atoms with Crippen LogP contribution in [0, 0.1) is 6.92 Å². The van der Waals surface area contributed by atoms with E-state index < -0.39 is 0 Å². The number of carbonyl (C=O) groups excluding carboxylic acids is 1. The van der Waals surface area contributed by atoms with Gasteiger partial charge in [0.25, 0.3) is 5.91 Å². The zero-order valence-electron chi connectivity index (χ0n) is 10.00. The number of amides is 1. The Kier molecular flexibility index (Phi) is 2.87. The Morgan fingerprint density at radius 3 is 3.11 bits per heavy atom. The molecular formula is C12H13N3O2S. The fourth-order valence-electron chi connectivity index (χ4n) is 2.18. The van der Waals surface area contributed by atoms with Crippen LogP contribution < -0.4 is 0 Å². The maximum absolute atomic E-state index is 12.2. The average Bonchev–Trinajstić information content (AvgIpc) is 3.09. The first kappa shape index (κ1) is 11.4. The molecule has 0 bridgehead atoms. The van der Waals surface area contributed by atoms with Crippen LogP contribution in [0.1, 0.15) is 33.8 Å². The van der Waals surface area contributed by atoms with Gasteiger partial charge < -0.3 is 9.32 Å². The SMILES string of the molecule is Cc1nnc(C2CCN(C(=O)c3cccs3)C2)o1. The zero-order chi connectivity index (χ0) is 12.5. The van der Waals surface area contributed by atoms with Crippen LogP contribution in [0.25, 0.3) is 0 Å². The van der Waals surface area contributed by atoms with Gasteiger partial charge in [-0.05, 0) is 17.9 Å². The van der Waals surface area contributed by atoms with Crippen molar-refractivity contribution in [1.82, 2.24) is 15.1 Å². The summed E-state index contributed by atoms with van der Waals surface area (Å²) in [6, 6.07) is 3.75. The second-order valence-corrected chi connectivity index (χ2v) is 5.32.